The van der Waals surface area contributed by atoms with Gasteiger partial charge in [0.2, 0.25) is 11.8 Å². The standard InChI is InChI=1S/C22H26N4O5/c23-11-22-7-5-21(6-8-22,12-31-22)24-10-13-1-2-14-15(9-13)20(30)26(19(14)29)16-3-4-17(27)25-18(16)28/h1-2,9,16,24H,3-8,10-12,23H2,(H,25,27,28). The predicted octanol–water partition coefficient (Wildman–Crippen LogP) is 0.218. The average Bonchev–Trinajstić information content (AvgIpc) is 3.04. The lowest BCUT2D eigenvalue weighted by Gasteiger charge is -2.53. The van der Waals surface area contributed by atoms with Crippen molar-refractivity contribution in [3.63, 3.8) is 0 Å². The van der Waals surface area contributed by atoms with Crippen LogP contribution in [0.1, 0.15) is 64.8 Å². The lowest BCUT2D eigenvalue weighted by atomic mass is 9.71. The normalized spacial score (nSPS) is 32.4. The van der Waals surface area contributed by atoms with E-state index in [-0.39, 0.29) is 29.9 Å². The van der Waals surface area contributed by atoms with E-state index in [9.17, 15) is 19.2 Å². The molecule has 3 saturated heterocycles. The largest absolute Gasteiger partial charge is 0.372 e. The first-order valence-corrected chi connectivity index (χ1v) is 10.8. The number of imide groups is 2. The van der Waals surface area contributed by atoms with Crippen LogP contribution in [0.15, 0.2) is 18.2 Å². The Morgan fingerprint density at radius 2 is 1.84 bits per heavy atom. The summed E-state index contributed by atoms with van der Waals surface area (Å²) in [6, 6.07) is 4.25. The zero-order valence-corrected chi connectivity index (χ0v) is 17.2. The quantitative estimate of drug-likeness (QED) is 0.574. The second kappa shape index (κ2) is 7.22. The number of piperidine rings is 1. The van der Waals surface area contributed by atoms with Gasteiger partial charge in [-0.1, -0.05) is 6.07 Å². The van der Waals surface area contributed by atoms with Gasteiger partial charge in [0.05, 0.1) is 23.3 Å². The molecule has 4 fully saturated rings. The fraction of sp³-hybridized carbons (Fsp3) is 0.545. The molecule has 0 radical (unpaired) electrons. The summed E-state index contributed by atoms with van der Waals surface area (Å²) in [5, 5.41) is 5.82. The smallest absolute Gasteiger partial charge is 0.262 e. The number of ether oxygens (including phenoxy) is 1. The molecule has 5 aliphatic rings. The highest BCUT2D eigenvalue weighted by Crippen LogP contribution is 2.43. The van der Waals surface area contributed by atoms with E-state index in [2.05, 4.69) is 10.6 Å². The van der Waals surface area contributed by atoms with E-state index >= 15 is 0 Å². The molecule has 1 aliphatic carbocycles. The van der Waals surface area contributed by atoms with Crippen LogP contribution in [-0.4, -0.2) is 58.9 Å². The number of nitrogens with two attached hydrogens (primary N) is 1. The Labute approximate surface area is 179 Å². The molecule has 31 heavy (non-hydrogen) atoms. The fourth-order valence-corrected chi connectivity index (χ4v) is 5.17. The molecule has 1 saturated carbocycles. The third-order valence-corrected chi connectivity index (χ3v) is 7.32. The van der Waals surface area contributed by atoms with Crippen molar-refractivity contribution in [2.75, 3.05) is 13.2 Å². The minimum atomic E-state index is -0.949. The Morgan fingerprint density at radius 1 is 1.10 bits per heavy atom. The van der Waals surface area contributed by atoms with E-state index < -0.39 is 23.8 Å². The Hall–Kier alpha value is -2.62. The van der Waals surface area contributed by atoms with Gasteiger partial charge in [0.25, 0.3) is 11.8 Å². The van der Waals surface area contributed by atoms with E-state index in [4.69, 9.17) is 10.5 Å². The van der Waals surface area contributed by atoms with Crippen LogP contribution >= 0.6 is 0 Å². The maximum atomic E-state index is 13.0. The number of nitrogens with zero attached hydrogens (tertiary/aromatic N) is 1. The van der Waals surface area contributed by atoms with Crippen LogP contribution in [0.2, 0.25) is 0 Å². The molecular formula is C22H26N4O5. The second-order valence-corrected chi connectivity index (χ2v) is 9.14. The van der Waals surface area contributed by atoms with Crippen molar-refractivity contribution in [3.05, 3.63) is 34.9 Å². The third kappa shape index (κ3) is 3.28. The molecule has 1 atom stereocenters. The van der Waals surface area contributed by atoms with Gasteiger partial charge >= 0.3 is 0 Å². The third-order valence-electron chi connectivity index (χ3n) is 7.32. The Bertz CT molecular complexity index is 966. The Kier molecular flexibility index (Phi) is 4.72. The molecule has 0 spiro atoms. The lowest BCUT2D eigenvalue weighted by molar-refractivity contribution is -0.156. The minimum absolute atomic E-state index is 0.0888. The maximum Gasteiger partial charge on any atom is 0.262 e. The van der Waals surface area contributed by atoms with Gasteiger partial charge in [-0.05, 0) is 49.8 Å². The minimum Gasteiger partial charge on any atom is -0.372 e. The van der Waals surface area contributed by atoms with E-state index in [1.807, 2.05) is 6.07 Å². The van der Waals surface area contributed by atoms with Gasteiger partial charge in [-0.3, -0.25) is 29.4 Å². The number of hydrogen-bond acceptors (Lipinski definition) is 7. The summed E-state index contributed by atoms with van der Waals surface area (Å²) in [4.78, 5) is 50.4. The molecule has 9 heteroatoms. The summed E-state index contributed by atoms with van der Waals surface area (Å²) in [7, 11) is 0. The molecule has 1 aromatic rings. The number of hydrogen-bond donors (Lipinski definition) is 3. The summed E-state index contributed by atoms with van der Waals surface area (Å²) in [5.41, 5.74) is 7.12. The summed E-state index contributed by atoms with van der Waals surface area (Å²) in [5.74, 6) is -1.96. The van der Waals surface area contributed by atoms with E-state index in [0.717, 1.165) is 36.1 Å². The molecule has 2 bridgehead atoms. The van der Waals surface area contributed by atoms with Crippen LogP contribution in [0.3, 0.4) is 0 Å². The molecule has 4 N–H and O–H groups in total. The van der Waals surface area contributed by atoms with Gasteiger partial charge in [0.1, 0.15) is 6.04 Å². The first-order chi connectivity index (χ1) is 14.9. The second-order valence-electron chi connectivity index (χ2n) is 9.14. The van der Waals surface area contributed by atoms with Crippen LogP contribution in [-0.2, 0) is 20.9 Å². The highest BCUT2D eigenvalue weighted by molar-refractivity contribution is 6.23. The molecule has 9 nitrogen and oxygen atoms in total. The number of benzene rings is 1. The summed E-state index contributed by atoms with van der Waals surface area (Å²) >= 11 is 0. The van der Waals surface area contributed by atoms with Crippen molar-refractivity contribution in [2.24, 2.45) is 5.73 Å². The first kappa shape index (κ1) is 20.3. The van der Waals surface area contributed by atoms with Crippen LogP contribution in [0.4, 0.5) is 0 Å². The van der Waals surface area contributed by atoms with E-state index in [0.29, 0.717) is 30.8 Å². The Morgan fingerprint density at radius 3 is 2.48 bits per heavy atom. The molecule has 1 aromatic carbocycles. The SMILES string of the molecule is NCC12CCC(NCc3ccc4c(c3)C(=O)N(C3CCC(=O)NC3=O)C4=O)(CC1)CO2. The molecule has 4 amide bonds. The summed E-state index contributed by atoms with van der Waals surface area (Å²) in [6.45, 7) is 1.72. The van der Waals surface area contributed by atoms with Crippen LogP contribution < -0.4 is 16.4 Å². The zero-order valence-electron chi connectivity index (χ0n) is 17.2. The van der Waals surface area contributed by atoms with Crippen molar-refractivity contribution >= 4 is 23.6 Å². The summed E-state index contributed by atoms with van der Waals surface area (Å²) < 4.78 is 6.05. The van der Waals surface area contributed by atoms with Crippen molar-refractivity contribution in [3.8, 4) is 0 Å². The number of carbonyl (C=O) groups is 4. The molecule has 4 heterocycles. The zero-order chi connectivity index (χ0) is 21.8. The van der Waals surface area contributed by atoms with Gasteiger partial charge in [-0.25, -0.2) is 0 Å². The average molecular weight is 426 g/mol. The molecule has 4 aliphatic heterocycles. The molecular weight excluding hydrogens is 400 g/mol. The molecule has 1 unspecified atom stereocenters. The van der Waals surface area contributed by atoms with E-state index in [1.165, 1.54) is 0 Å². The van der Waals surface area contributed by atoms with Crippen LogP contribution in [0.5, 0.6) is 0 Å². The monoisotopic (exact) mass is 426 g/mol. The predicted molar refractivity (Wildman–Crippen MR) is 109 cm³/mol. The fourth-order valence-electron chi connectivity index (χ4n) is 5.17. The number of carbonyl (C=O) groups excluding carboxylic acids is 4. The molecule has 164 valence electrons. The van der Waals surface area contributed by atoms with Gasteiger partial charge in [-0.15, -0.1) is 0 Å². The summed E-state index contributed by atoms with van der Waals surface area (Å²) in [6.07, 6.45) is 4.13. The number of fused-ring (bicyclic) bond motifs is 4. The van der Waals surface area contributed by atoms with Crippen molar-refractivity contribution in [1.29, 1.82) is 0 Å². The van der Waals surface area contributed by atoms with Crippen LogP contribution in [0.25, 0.3) is 0 Å². The topological polar surface area (TPSA) is 131 Å². The van der Waals surface area contributed by atoms with Crippen molar-refractivity contribution in [1.82, 2.24) is 15.5 Å². The lowest BCUT2D eigenvalue weighted by Crippen LogP contribution is -2.63. The first-order valence-electron chi connectivity index (χ1n) is 10.8. The number of amides is 4. The number of nitrogens with one attached hydrogen (secondary N) is 2. The highest BCUT2D eigenvalue weighted by Gasteiger charge is 2.49. The molecule has 6 rings (SSSR count). The Balaban J connectivity index is 1.30. The van der Waals surface area contributed by atoms with Gasteiger partial charge < -0.3 is 15.8 Å². The number of rotatable bonds is 5. The van der Waals surface area contributed by atoms with Crippen molar-refractivity contribution in [2.45, 2.75) is 62.3 Å². The van der Waals surface area contributed by atoms with Gasteiger partial charge in [0.15, 0.2) is 0 Å². The van der Waals surface area contributed by atoms with E-state index in [1.54, 1.807) is 12.1 Å². The van der Waals surface area contributed by atoms with Gasteiger partial charge in [0, 0.05) is 25.0 Å². The maximum absolute atomic E-state index is 13.0. The van der Waals surface area contributed by atoms with Gasteiger partial charge in [-0.2, -0.15) is 0 Å². The van der Waals surface area contributed by atoms with Crippen LogP contribution in [0, 0.1) is 0 Å². The highest BCUT2D eigenvalue weighted by atomic mass is 16.5. The molecule has 0 aromatic heterocycles. The van der Waals surface area contributed by atoms with Crippen molar-refractivity contribution < 1.29 is 23.9 Å².